The summed E-state index contributed by atoms with van der Waals surface area (Å²) in [5, 5.41) is 6.11. The molecule has 1 atom stereocenters. The highest BCUT2D eigenvalue weighted by Crippen LogP contribution is 2.35. The third-order valence-corrected chi connectivity index (χ3v) is 7.79. The Labute approximate surface area is 204 Å². The number of aryl methyl sites for hydroxylation is 1. The minimum absolute atomic E-state index is 0.167. The van der Waals surface area contributed by atoms with Crippen molar-refractivity contribution >= 4 is 30.6 Å². The smallest absolute Gasteiger partial charge is 0.181 e. The molecule has 10 heteroatoms. The van der Waals surface area contributed by atoms with Gasteiger partial charge in [0.25, 0.3) is 0 Å². The van der Waals surface area contributed by atoms with Crippen molar-refractivity contribution in [2.75, 3.05) is 6.61 Å². The minimum Gasteiger partial charge on any atom is -0.484 e. The van der Waals surface area contributed by atoms with Crippen LogP contribution in [0.3, 0.4) is 0 Å². The summed E-state index contributed by atoms with van der Waals surface area (Å²) in [4.78, 5) is 13.0. The van der Waals surface area contributed by atoms with Gasteiger partial charge in [-0.05, 0) is 43.5 Å². The van der Waals surface area contributed by atoms with Crippen molar-refractivity contribution < 1.29 is 13.9 Å². The summed E-state index contributed by atoms with van der Waals surface area (Å²) < 4.78 is 19.8. The predicted molar refractivity (Wildman–Crippen MR) is 133 cm³/mol. The molecule has 0 bridgehead atoms. The number of ether oxygens (including phenoxy) is 2. The van der Waals surface area contributed by atoms with Gasteiger partial charge < -0.3 is 13.9 Å². The van der Waals surface area contributed by atoms with E-state index in [9.17, 15) is 0 Å². The van der Waals surface area contributed by atoms with E-state index < -0.39 is 8.07 Å². The molecule has 0 saturated carbocycles. The van der Waals surface area contributed by atoms with Crippen LogP contribution in [0.5, 0.6) is 5.75 Å². The maximum Gasteiger partial charge on any atom is 0.181 e. The second kappa shape index (κ2) is 9.48. The molecule has 0 spiro atoms. The minimum atomic E-state index is -1.16. The second-order valence-corrected chi connectivity index (χ2v) is 15.8. The molecule has 0 saturated heterocycles. The summed E-state index contributed by atoms with van der Waals surface area (Å²) in [5.74, 6) is 1.34. The van der Waals surface area contributed by atoms with Crippen LogP contribution < -0.4 is 4.74 Å². The number of rotatable bonds is 8. The van der Waals surface area contributed by atoms with Gasteiger partial charge in [-0.3, -0.25) is 4.98 Å². The van der Waals surface area contributed by atoms with Crippen molar-refractivity contribution in [2.24, 2.45) is 0 Å². The average molecular weight is 498 g/mol. The lowest BCUT2D eigenvalue weighted by Gasteiger charge is -2.24. The first-order chi connectivity index (χ1) is 16.4. The Morgan fingerprint density at radius 2 is 2.12 bits per heavy atom. The molecule has 0 aliphatic heterocycles. The number of fused-ring (bicyclic) bond motifs is 2. The Morgan fingerprint density at radius 3 is 2.91 bits per heavy atom. The van der Waals surface area contributed by atoms with Crippen LogP contribution in [0.25, 0.3) is 22.4 Å². The van der Waals surface area contributed by atoms with E-state index in [2.05, 4.69) is 34.6 Å². The van der Waals surface area contributed by atoms with Crippen molar-refractivity contribution in [3.05, 3.63) is 53.5 Å². The SMILES string of the molecule is C[Si](C)(C)CCOCn1nc(-c2cnco2)c2cc(OC3CCCc4nc(Cl)cnc43)ccc21. The summed E-state index contributed by atoms with van der Waals surface area (Å²) in [5.41, 5.74) is 3.43. The number of halogens is 1. The van der Waals surface area contributed by atoms with Crippen molar-refractivity contribution in [2.45, 2.75) is 57.8 Å². The molecule has 1 aliphatic rings. The van der Waals surface area contributed by atoms with E-state index in [1.807, 2.05) is 22.9 Å². The first-order valence-corrected chi connectivity index (χ1v) is 15.6. The normalized spacial score (nSPS) is 16.1. The molecule has 1 unspecified atom stereocenters. The van der Waals surface area contributed by atoms with E-state index in [-0.39, 0.29) is 6.10 Å². The molecule has 3 heterocycles. The maximum absolute atomic E-state index is 6.39. The van der Waals surface area contributed by atoms with Crippen LogP contribution in [-0.2, 0) is 17.9 Å². The second-order valence-electron chi connectivity index (χ2n) is 9.76. The first-order valence-electron chi connectivity index (χ1n) is 11.5. The molecule has 1 aliphatic carbocycles. The van der Waals surface area contributed by atoms with E-state index in [1.165, 1.54) is 6.39 Å². The number of nitrogens with zero attached hydrogens (tertiary/aromatic N) is 5. The Bertz CT molecular complexity index is 1290. The Morgan fingerprint density at radius 1 is 1.24 bits per heavy atom. The van der Waals surface area contributed by atoms with Crippen LogP contribution in [0.4, 0.5) is 0 Å². The number of benzene rings is 1. The number of aromatic nitrogens is 5. The largest absolute Gasteiger partial charge is 0.484 e. The van der Waals surface area contributed by atoms with E-state index in [4.69, 9.17) is 30.6 Å². The van der Waals surface area contributed by atoms with Crippen molar-refractivity contribution in [1.29, 1.82) is 0 Å². The fraction of sp³-hybridized carbons (Fsp3) is 0.417. The molecule has 34 heavy (non-hydrogen) atoms. The molecular formula is C24H28ClN5O3Si. The monoisotopic (exact) mass is 497 g/mol. The predicted octanol–water partition coefficient (Wildman–Crippen LogP) is 5.90. The molecule has 5 rings (SSSR count). The molecule has 1 aromatic carbocycles. The maximum atomic E-state index is 6.39. The average Bonchev–Trinajstić information content (AvgIpc) is 3.44. The zero-order chi connectivity index (χ0) is 23.7. The van der Waals surface area contributed by atoms with Gasteiger partial charge in [0.05, 0.1) is 23.6 Å². The fourth-order valence-electron chi connectivity index (χ4n) is 4.11. The van der Waals surface area contributed by atoms with Gasteiger partial charge in [-0.2, -0.15) is 5.10 Å². The zero-order valence-corrected chi connectivity index (χ0v) is 21.4. The lowest BCUT2D eigenvalue weighted by molar-refractivity contribution is 0.0818. The summed E-state index contributed by atoms with van der Waals surface area (Å²) in [6.07, 6.45) is 7.21. The summed E-state index contributed by atoms with van der Waals surface area (Å²) >= 11 is 6.04. The Kier molecular flexibility index (Phi) is 6.41. The summed E-state index contributed by atoms with van der Waals surface area (Å²) in [6.45, 7) is 8.13. The van der Waals surface area contributed by atoms with Gasteiger partial charge in [-0.25, -0.2) is 14.6 Å². The Balaban J connectivity index is 1.43. The molecule has 4 aromatic rings. The van der Waals surface area contributed by atoms with Crippen LogP contribution >= 0.6 is 11.6 Å². The van der Waals surface area contributed by atoms with Crippen LogP contribution in [0.15, 0.2) is 41.4 Å². The Hall–Kier alpha value is -2.75. The van der Waals surface area contributed by atoms with Gasteiger partial charge >= 0.3 is 0 Å². The van der Waals surface area contributed by atoms with Gasteiger partial charge in [0.15, 0.2) is 12.2 Å². The van der Waals surface area contributed by atoms with Crippen LogP contribution in [0.1, 0.15) is 30.3 Å². The summed E-state index contributed by atoms with van der Waals surface area (Å²) in [7, 11) is -1.16. The van der Waals surface area contributed by atoms with Crippen molar-refractivity contribution in [1.82, 2.24) is 24.7 Å². The molecule has 178 valence electrons. The van der Waals surface area contributed by atoms with Gasteiger partial charge in [0.1, 0.15) is 35.1 Å². The third-order valence-electron chi connectivity index (χ3n) is 5.91. The molecule has 3 aromatic heterocycles. The van der Waals surface area contributed by atoms with E-state index in [0.717, 1.165) is 60.0 Å². The molecule has 0 N–H and O–H groups in total. The molecule has 8 nitrogen and oxygen atoms in total. The van der Waals surface area contributed by atoms with E-state index in [0.29, 0.717) is 23.3 Å². The van der Waals surface area contributed by atoms with Gasteiger partial charge in [0.2, 0.25) is 0 Å². The lowest BCUT2D eigenvalue weighted by Crippen LogP contribution is -2.22. The van der Waals surface area contributed by atoms with Crippen molar-refractivity contribution in [3.8, 4) is 17.2 Å². The highest BCUT2D eigenvalue weighted by molar-refractivity contribution is 6.76. The van der Waals surface area contributed by atoms with Gasteiger partial charge in [0, 0.05) is 20.1 Å². The summed E-state index contributed by atoms with van der Waals surface area (Å²) in [6, 6.07) is 7.08. The quantitative estimate of drug-likeness (QED) is 0.221. The first kappa shape index (κ1) is 23.0. The number of hydrogen-bond acceptors (Lipinski definition) is 7. The standard InChI is InChI=1S/C24H28ClN5O3Si/c1-34(2,3)10-9-31-15-30-19-8-7-16(11-17(19)23(29-30)21-12-26-14-32-21)33-20-6-4-5-18-24(20)27-13-22(25)28-18/h7-8,11-14,20H,4-6,9-10,15H2,1-3H3. The van der Waals surface area contributed by atoms with Crippen molar-refractivity contribution in [3.63, 3.8) is 0 Å². The van der Waals surface area contributed by atoms with Crippen LogP contribution in [0.2, 0.25) is 30.8 Å². The number of hydrogen-bond donors (Lipinski definition) is 0. The highest BCUT2D eigenvalue weighted by Gasteiger charge is 2.25. The van der Waals surface area contributed by atoms with Crippen LogP contribution in [-0.4, -0.2) is 39.4 Å². The molecule has 0 radical (unpaired) electrons. The van der Waals surface area contributed by atoms with Gasteiger partial charge in [-0.15, -0.1) is 0 Å². The highest BCUT2D eigenvalue weighted by atomic mass is 35.5. The molecule has 0 amide bonds. The van der Waals surface area contributed by atoms with Gasteiger partial charge in [-0.1, -0.05) is 31.2 Å². The number of oxazole rings is 1. The zero-order valence-electron chi connectivity index (χ0n) is 19.6. The topological polar surface area (TPSA) is 88.1 Å². The lowest BCUT2D eigenvalue weighted by atomic mass is 9.97. The third kappa shape index (κ3) is 5.01. The van der Waals surface area contributed by atoms with Crippen LogP contribution in [0, 0.1) is 0 Å². The van der Waals surface area contributed by atoms with E-state index in [1.54, 1.807) is 12.4 Å². The van der Waals surface area contributed by atoms with E-state index >= 15 is 0 Å². The fourth-order valence-corrected chi connectivity index (χ4v) is 5.02. The molecule has 0 fully saturated rings. The molecular weight excluding hydrogens is 470 g/mol.